The van der Waals surface area contributed by atoms with Crippen molar-refractivity contribution in [2.45, 2.75) is 6.04 Å². The molecule has 2 aromatic rings. The van der Waals surface area contributed by atoms with Crippen LogP contribution in [0.4, 0.5) is 0 Å². The monoisotopic (exact) mass is 404 g/mol. The zero-order valence-electron chi connectivity index (χ0n) is 15.0. The smallest absolute Gasteiger partial charge is 0.327 e. The minimum atomic E-state index is -0.567. The molecule has 27 heavy (non-hydrogen) atoms. The van der Waals surface area contributed by atoms with Crippen molar-refractivity contribution in [3.63, 3.8) is 0 Å². The fraction of sp³-hybridized carbons (Fsp3) is 0.300. The van der Waals surface area contributed by atoms with E-state index in [0.29, 0.717) is 31.2 Å². The first kappa shape index (κ1) is 19.6. The standard InChI is InChI=1S/C20H21ClN2O3S/c1-26-20(25)19(16-6-2-3-7-17(16)21)23-12-10-22(11-13-23)18(24)9-8-15-5-4-14-27-15/h2-9,14,19H,10-13H2,1H3/b9-8+. The van der Waals surface area contributed by atoms with E-state index in [9.17, 15) is 9.59 Å². The Bertz CT molecular complexity index is 814. The van der Waals surface area contributed by atoms with Crippen LogP contribution >= 0.6 is 22.9 Å². The lowest BCUT2D eigenvalue weighted by molar-refractivity contribution is -0.148. The Morgan fingerprint density at radius 1 is 1.15 bits per heavy atom. The summed E-state index contributed by atoms with van der Waals surface area (Å²) < 4.78 is 5.00. The minimum absolute atomic E-state index is 0.0181. The fourth-order valence-electron chi connectivity index (χ4n) is 3.13. The van der Waals surface area contributed by atoms with Gasteiger partial charge in [0.25, 0.3) is 0 Å². The van der Waals surface area contributed by atoms with E-state index in [0.717, 1.165) is 10.4 Å². The first-order valence-electron chi connectivity index (χ1n) is 8.67. The van der Waals surface area contributed by atoms with Crippen LogP contribution in [-0.4, -0.2) is 55.0 Å². The lowest BCUT2D eigenvalue weighted by Crippen LogP contribution is -2.50. The van der Waals surface area contributed by atoms with Crippen molar-refractivity contribution in [2.75, 3.05) is 33.3 Å². The van der Waals surface area contributed by atoms with Gasteiger partial charge in [0.1, 0.15) is 6.04 Å². The number of methoxy groups -OCH3 is 1. The number of esters is 1. The number of piperazine rings is 1. The molecule has 1 aliphatic rings. The second-order valence-electron chi connectivity index (χ2n) is 6.16. The van der Waals surface area contributed by atoms with Gasteiger partial charge in [-0.25, -0.2) is 4.79 Å². The summed E-state index contributed by atoms with van der Waals surface area (Å²) in [6.45, 7) is 2.24. The van der Waals surface area contributed by atoms with Gasteiger partial charge in [0.15, 0.2) is 0 Å². The fourth-order valence-corrected chi connectivity index (χ4v) is 3.98. The Morgan fingerprint density at radius 2 is 1.89 bits per heavy atom. The predicted molar refractivity (Wildman–Crippen MR) is 108 cm³/mol. The number of amides is 1. The van der Waals surface area contributed by atoms with E-state index in [1.807, 2.05) is 46.7 Å². The number of carbonyl (C=O) groups is 2. The number of benzene rings is 1. The topological polar surface area (TPSA) is 49.9 Å². The highest BCUT2D eigenvalue weighted by atomic mass is 35.5. The van der Waals surface area contributed by atoms with Crippen LogP contribution in [0.2, 0.25) is 5.02 Å². The molecule has 5 nitrogen and oxygen atoms in total. The highest BCUT2D eigenvalue weighted by molar-refractivity contribution is 7.10. The van der Waals surface area contributed by atoms with Gasteiger partial charge in [0.05, 0.1) is 7.11 Å². The lowest BCUT2D eigenvalue weighted by atomic mass is 10.0. The van der Waals surface area contributed by atoms with Crippen LogP contribution < -0.4 is 0 Å². The molecule has 0 aliphatic carbocycles. The summed E-state index contributed by atoms with van der Waals surface area (Å²) in [4.78, 5) is 29.7. The van der Waals surface area contributed by atoms with Gasteiger partial charge >= 0.3 is 5.97 Å². The Labute approximate surface area is 167 Å². The number of halogens is 1. The number of rotatable bonds is 5. The molecule has 0 radical (unpaired) electrons. The van der Waals surface area contributed by atoms with Crippen LogP contribution in [0.3, 0.4) is 0 Å². The quantitative estimate of drug-likeness (QED) is 0.565. The van der Waals surface area contributed by atoms with Crippen LogP contribution in [0.15, 0.2) is 47.9 Å². The third-order valence-electron chi connectivity index (χ3n) is 4.55. The molecule has 1 saturated heterocycles. The molecule has 1 unspecified atom stereocenters. The number of carbonyl (C=O) groups excluding carboxylic acids is 2. The van der Waals surface area contributed by atoms with Crippen molar-refractivity contribution in [3.05, 3.63) is 63.3 Å². The maximum Gasteiger partial charge on any atom is 0.327 e. The SMILES string of the molecule is COC(=O)C(c1ccccc1Cl)N1CCN(C(=O)/C=C/c2cccs2)CC1. The molecule has 1 amide bonds. The van der Waals surface area contributed by atoms with E-state index >= 15 is 0 Å². The number of ether oxygens (including phenoxy) is 1. The van der Waals surface area contributed by atoms with Gasteiger partial charge in [-0.05, 0) is 29.2 Å². The zero-order valence-corrected chi connectivity index (χ0v) is 16.6. The summed E-state index contributed by atoms with van der Waals surface area (Å²) in [5.41, 5.74) is 0.725. The van der Waals surface area contributed by atoms with Crippen molar-refractivity contribution in [2.24, 2.45) is 0 Å². The molecule has 1 atom stereocenters. The van der Waals surface area contributed by atoms with Gasteiger partial charge in [-0.15, -0.1) is 11.3 Å². The first-order chi connectivity index (χ1) is 13.1. The van der Waals surface area contributed by atoms with Crippen molar-refractivity contribution in [3.8, 4) is 0 Å². The summed E-state index contributed by atoms with van der Waals surface area (Å²) in [5.74, 6) is -0.365. The van der Waals surface area contributed by atoms with Crippen molar-refractivity contribution >= 4 is 40.9 Å². The van der Waals surface area contributed by atoms with Crippen LogP contribution in [0.25, 0.3) is 6.08 Å². The van der Waals surface area contributed by atoms with E-state index in [1.165, 1.54) is 7.11 Å². The van der Waals surface area contributed by atoms with Crippen LogP contribution in [0, 0.1) is 0 Å². The molecule has 0 saturated carbocycles. The highest BCUT2D eigenvalue weighted by Gasteiger charge is 2.33. The van der Waals surface area contributed by atoms with Crippen molar-refractivity contribution in [1.82, 2.24) is 9.80 Å². The molecular weight excluding hydrogens is 384 g/mol. The summed E-state index contributed by atoms with van der Waals surface area (Å²) in [5, 5.41) is 2.51. The van der Waals surface area contributed by atoms with Gasteiger partial charge in [-0.2, -0.15) is 0 Å². The third-order valence-corrected chi connectivity index (χ3v) is 5.73. The van der Waals surface area contributed by atoms with E-state index in [4.69, 9.17) is 16.3 Å². The van der Waals surface area contributed by atoms with Crippen LogP contribution in [0.1, 0.15) is 16.5 Å². The molecule has 1 aromatic heterocycles. The second kappa shape index (κ2) is 9.17. The van der Waals surface area contributed by atoms with E-state index in [2.05, 4.69) is 0 Å². The Morgan fingerprint density at radius 3 is 2.52 bits per heavy atom. The Hall–Kier alpha value is -2.15. The molecule has 0 spiro atoms. The van der Waals surface area contributed by atoms with Crippen LogP contribution in [-0.2, 0) is 14.3 Å². The summed E-state index contributed by atoms with van der Waals surface area (Å²) in [7, 11) is 1.38. The molecular formula is C20H21ClN2O3S. The third kappa shape index (κ3) is 4.77. The maximum atomic E-state index is 12.4. The van der Waals surface area contributed by atoms with Crippen molar-refractivity contribution < 1.29 is 14.3 Å². The molecule has 7 heteroatoms. The molecule has 0 N–H and O–H groups in total. The molecule has 2 heterocycles. The van der Waals surface area contributed by atoms with Gasteiger partial charge < -0.3 is 9.64 Å². The highest BCUT2D eigenvalue weighted by Crippen LogP contribution is 2.29. The summed E-state index contributed by atoms with van der Waals surface area (Å²) >= 11 is 7.89. The molecule has 3 rings (SSSR count). The number of hydrogen-bond donors (Lipinski definition) is 0. The molecule has 0 bridgehead atoms. The van der Waals surface area contributed by atoms with E-state index < -0.39 is 6.04 Å². The minimum Gasteiger partial charge on any atom is -0.468 e. The number of nitrogens with zero attached hydrogens (tertiary/aromatic N) is 2. The van der Waals surface area contributed by atoms with Crippen LogP contribution in [0.5, 0.6) is 0 Å². The zero-order chi connectivity index (χ0) is 19.2. The molecule has 1 aliphatic heterocycles. The predicted octanol–water partition coefficient (Wildman–Crippen LogP) is 3.47. The first-order valence-corrected chi connectivity index (χ1v) is 9.92. The van der Waals surface area contributed by atoms with Gasteiger partial charge in [0.2, 0.25) is 5.91 Å². The summed E-state index contributed by atoms with van der Waals surface area (Å²) in [6, 6.07) is 10.6. The Balaban J connectivity index is 1.66. The van der Waals surface area contributed by atoms with E-state index in [1.54, 1.807) is 28.4 Å². The number of thiophene rings is 1. The van der Waals surface area contributed by atoms with Gasteiger partial charge in [0, 0.05) is 42.2 Å². The lowest BCUT2D eigenvalue weighted by Gasteiger charge is -2.38. The Kier molecular flexibility index (Phi) is 6.66. The molecule has 1 fully saturated rings. The molecule has 1 aromatic carbocycles. The van der Waals surface area contributed by atoms with Gasteiger partial charge in [-0.1, -0.05) is 35.9 Å². The average molecular weight is 405 g/mol. The van der Waals surface area contributed by atoms with Crippen molar-refractivity contribution in [1.29, 1.82) is 0 Å². The number of hydrogen-bond acceptors (Lipinski definition) is 5. The van der Waals surface area contributed by atoms with E-state index in [-0.39, 0.29) is 11.9 Å². The average Bonchev–Trinajstić information content (AvgIpc) is 3.22. The second-order valence-corrected chi connectivity index (χ2v) is 7.54. The largest absolute Gasteiger partial charge is 0.468 e. The summed E-state index contributed by atoms with van der Waals surface area (Å²) in [6.07, 6.45) is 3.44. The van der Waals surface area contributed by atoms with Gasteiger partial charge in [-0.3, -0.25) is 9.69 Å². The maximum absolute atomic E-state index is 12.4. The normalized spacial score (nSPS) is 16.4. The molecule has 142 valence electrons.